The van der Waals surface area contributed by atoms with Crippen LogP contribution in [0, 0.1) is 6.07 Å². The van der Waals surface area contributed by atoms with E-state index in [1.807, 2.05) is 18.3 Å². The maximum Gasteiger partial charge on any atom is 0.0904 e. The van der Waals surface area contributed by atoms with E-state index in [0.717, 1.165) is 50.2 Å². The maximum atomic E-state index is 11.3. The zero-order chi connectivity index (χ0) is 32.5. The molecule has 0 saturated carbocycles. The van der Waals surface area contributed by atoms with E-state index in [1.165, 1.54) is 22.4 Å². The first kappa shape index (κ1) is 32.9. The molecule has 0 saturated heterocycles. The minimum Gasteiger partial charge on any atom is -0.515 e. The van der Waals surface area contributed by atoms with Gasteiger partial charge in [0.15, 0.2) is 0 Å². The molecular formula is C42H42N3OPt-. The number of pyridine rings is 1. The molecule has 1 aliphatic rings. The third-order valence-electron chi connectivity index (χ3n) is 10.6. The smallest absolute Gasteiger partial charge is 0.0904 e. The summed E-state index contributed by atoms with van der Waals surface area (Å²) in [5.74, 6) is 1.73. The third-order valence-corrected chi connectivity index (χ3v) is 10.6. The van der Waals surface area contributed by atoms with Gasteiger partial charge < -0.3 is 9.67 Å². The number of aromatic nitrogens is 3. The molecule has 1 N–H and O–H groups in total. The van der Waals surface area contributed by atoms with Gasteiger partial charge in [0, 0.05) is 50.1 Å². The molecule has 4 aromatic carbocycles. The van der Waals surface area contributed by atoms with Gasteiger partial charge in [-0.05, 0) is 51.5 Å². The van der Waals surface area contributed by atoms with Crippen LogP contribution in [0.2, 0.25) is 0 Å². The van der Waals surface area contributed by atoms with Crippen LogP contribution in [-0.4, -0.2) is 19.6 Å². The first-order valence-corrected chi connectivity index (χ1v) is 16.4. The summed E-state index contributed by atoms with van der Waals surface area (Å²) in [6.45, 7) is 18.2. The number of imidazole rings is 1. The van der Waals surface area contributed by atoms with Gasteiger partial charge in [-0.1, -0.05) is 121 Å². The molecule has 0 spiro atoms. The molecule has 0 amide bonds. The molecule has 5 heteroatoms. The maximum absolute atomic E-state index is 11.3. The predicted molar refractivity (Wildman–Crippen MR) is 190 cm³/mol. The summed E-state index contributed by atoms with van der Waals surface area (Å²) in [6.07, 6.45) is 4.02. The Morgan fingerprint density at radius 2 is 1.38 bits per heavy atom. The minimum atomic E-state index is -0.196. The Morgan fingerprint density at radius 1 is 0.745 bits per heavy atom. The standard InChI is InChI=1S/C42H42N3O.Pt/c1-25(2)29-15-10-16-30(26(3)4)39(29)45-24-35(31-17-9-13-27-14-12-22-43-38(27)31)44-40(45)28-20-21-33-32(23-28)37-34(18-11-19-36(37)46)42(7,8)41(33,5)6;/h9-22,24-26,46H,1-8H3;/q-1;. The molecule has 242 valence electrons. The van der Waals surface area contributed by atoms with Gasteiger partial charge in [-0.2, -0.15) is 0 Å². The number of nitrogens with zero attached hydrogens (tertiary/aromatic N) is 3. The zero-order valence-corrected chi connectivity index (χ0v) is 30.7. The van der Waals surface area contributed by atoms with Crippen LogP contribution in [0.15, 0.2) is 91.3 Å². The predicted octanol–water partition coefficient (Wildman–Crippen LogP) is 10.7. The van der Waals surface area contributed by atoms with Crippen molar-refractivity contribution in [2.45, 2.75) is 78.1 Å². The van der Waals surface area contributed by atoms with Gasteiger partial charge in [-0.15, -0.1) is 29.3 Å². The normalized spacial score (nSPS) is 14.6. The molecule has 2 aromatic heterocycles. The monoisotopic (exact) mass is 799 g/mol. The van der Waals surface area contributed by atoms with Crippen molar-refractivity contribution in [2.24, 2.45) is 0 Å². The molecule has 7 rings (SSSR count). The topological polar surface area (TPSA) is 50.9 Å². The van der Waals surface area contributed by atoms with Gasteiger partial charge in [0.1, 0.15) is 0 Å². The van der Waals surface area contributed by atoms with Crippen molar-refractivity contribution in [1.29, 1.82) is 0 Å². The molecule has 0 unspecified atom stereocenters. The van der Waals surface area contributed by atoms with Crippen LogP contribution in [0.25, 0.3) is 50.4 Å². The average molecular weight is 800 g/mol. The second-order valence-electron chi connectivity index (χ2n) is 14.4. The molecule has 0 atom stereocenters. The van der Waals surface area contributed by atoms with Gasteiger partial charge in [0.2, 0.25) is 0 Å². The van der Waals surface area contributed by atoms with Crippen molar-refractivity contribution in [3.05, 3.63) is 120 Å². The van der Waals surface area contributed by atoms with Gasteiger partial charge in [0.25, 0.3) is 0 Å². The van der Waals surface area contributed by atoms with Crippen LogP contribution in [0.4, 0.5) is 0 Å². The van der Waals surface area contributed by atoms with Gasteiger partial charge >= 0.3 is 0 Å². The SMILES string of the molecule is CC(C)c1cccc(C(C)C)c1-n1cc(-c2cccc3cccnc23)nc1-c1[c-]c2c(cc1)C(C)(C)C(C)(C)c1cccc(O)c1-2.[Pt]. The Morgan fingerprint density at radius 3 is 2.09 bits per heavy atom. The first-order chi connectivity index (χ1) is 21.9. The van der Waals surface area contributed by atoms with Gasteiger partial charge in [-0.3, -0.25) is 9.97 Å². The molecule has 0 aliphatic heterocycles. The van der Waals surface area contributed by atoms with E-state index in [1.54, 1.807) is 6.07 Å². The van der Waals surface area contributed by atoms with Crippen molar-refractivity contribution < 1.29 is 26.2 Å². The number of fused-ring (bicyclic) bond motifs is 4. The Kier molecular flexibility index (Phi) is 8.33. The van der Waals surface area contributed by atoms with E-state index in [4.69, 9.17) is 9.97 Å². The summed E-state index contributed by atoms with van der Waals surface area (Å²) in [5, 5.41) is 12.4. The van der Waals surface area contributed by atoms with E-state index in [2.05, 4.69) is 133 Å². The summed E-state index contributed by atoms with van der Waals surface area (Å²) < 4.78 is 2.28. The van der Waals surface area contributed by atoms with Crippen LogP contribution in [0.3, 0.4) is 0 Å². The third kappa shape index (κ3) is 5.08. The molecule has 1 aliphatic carbocycles. The number of aromatic hydroxyl groups is 1. The summed E-state index contributed by atoms with van der Waals surface area (Å²) in [7, 11) is 0. The second-order valence-corrected chi connectivity index (χ2v) is 14.4. The first-order valence-electron chi connectivity index (χ1n) is 16.4. The van der Waals surface area contributed by atoms with E-state index >= 15 is 0 Å². The van der Waals surface area contributed by atoms with E-state index in [-0.39, 0.29) is 37.6 Å². The molecule has 4 nitrogen and oxygen atoms in total. The zero-order valence-electron chi connectivity index (χ0n) is 28.4. The van der Waals surface area contributed by atoms with Crippen molar-refractivity contribution in [3.63, 3.8) is 0 Å². The van der Waals surface area contributed by atoms with E-state index in [9.17, 15) is 5.11 Å². The molecule has 0 bridgehead atoms. The van der Waals surface area contributed by atoms with E-state index < -0.39 is 0 Å². The Balaban J connectivity index is 0.00000386. The molecule has 6 aromatic rings. The van der Waals surface area contributed by atoms with E-state index in [0.29, 0.717) is 11.8 Å². The number of phenolic OH excluding ortho intramolecular Hbond substituents is 1. The second kappa shape index (κ2) is 11.9. The number of rotatable bonds is 5. The van der Waals surface area contributed by atoms with Crippen LogP contribution >= 0.6 is 0 Å². The van der Waals surface area contributed by atoms with Gasteiger partial charge in [-0.25, -0.2) is 0 Å². The number of hydrogen-bond donors (Lipinski definition) is 1. The van der Waals surface area contributed by atoms with Crippen molar-refractivity contribution >= 4 is 10.9 Å². The quantitative estimate of drug-likeness (QED) is 0.177. The Labute approximate surface area is 293 Å². The van der Waals surface area contributed by atoms with Crippen LogP contribution in [0.5, 0.6) is 5.75 Å². The van der Waals surface area contributed by atoms with Crippen molar-refractivity contribution in [2.75, 3.05) is 0 Å². The minimum absolute atomic E-state index is 0. The summed E-state index contributed by atoms with van der Waals surface area (Å²) in [5.41, 5.74) is 11.1. The molecule has 0 radical (unpaired) electrons. The number of hydrogen-bond acceptors (Lipinski definition) is 3. The largest absolute Gasteiger partial charge is 0.515 e. The van der Waals surface area contributed by atoms with Crippen LogP contribution in [0.1, 0.15) is 89.5 Å². The fraction of sp³-hybridized carbons (Fsp3) is 0.286. The summed E-state index contributed by atoms with van der Waals surface area (Å²) >= 11 is 0. The summed E-state index contributed by atoms with van der Waals surface area (Å²) in [6, 6.07) is 31.1. The summed E-state index contributed by atoms with van der Waals surface area (Å²) in [4.78, 5) is 10.2. The fourth-order valence-electron chi connectivity index (χ4n) is 7.31. The van der Waals surface area contributed by atoms with Crippen LogP contribution < -0.4 is 0 Å². The number of benzene rings is 4. The van der Waals surface area contributed by atoms with Crippen molar-refractivity contribution in [3.8, 4) is 45.2 Å². The molecule has 2 heterocycles. The fourth-order valence-corrected chi connectivity index (χ4v) is 7.31. The molecular weight excluding hydrogens is 758 g/mol. The number of para-hydroxylation sites is 2. The molecule has 0 fully saturated rings. The van der Waals surface area contributed by atoms with Gasteiger partial charge in [0.05, 0.1) is 22.8 Å². The van der Waals surface area contributed by atoms with Crippen molar-refractivity contribution in [1.82, 2.24) is 14.5 Å². The van der Waals surface area contributed by atoms with Crippen LogP contribution in [-0.2, 0) is 31.9 Å². The average Bonchev–Trinajstić information content (AvgIpc) is 3.48. The Bertz CT molecular complexity index is 2100. The number of phenols is 1. The molecule has 47 heavy (non-hydrogen) atoms. The Hall–Kier alpha value is -4.01.